The van der Waals surface area contributed by atoms with Crippen LogP contribution in [0.1, 0.15) is 26.7 Å². The highest BCUT2D eigenvalue weighted by molar-refractivity contribution is 5.88. The van der Waals surface area contributed by atoms with Gasteiger partial charge in [-0.15, -0.1) is 10.2 Å². The molecule has 0 atom stereocenters. The summed E-state index contributed by atoms with van der Waals surface area (Å²) in [5, 5.41) is 11.5. The van der Waals surface area contributed by atoms with Crippen molar-refractivity contribution in [2.24, 2.45) is 0 Å². The van der Waals surface area contributed by atoms with Crippen LogP contribution in [0.3, 0.4) is 0 Å². The fourth-order valence-electron chi connectivity index (χ4n) is 1.94. The molecular formula is C15H17N5O. The second-order valence-corrected chi connectivity index (χ2v) is 5.83. The molecule has 0 amide bonds. The molecule has 3 aromatic rings. The highest BCUT2D eigenvalue weighted by Gasteiger charge is 2.15. The molecule has 3 rings (SSSR count). The van der Waals surface area contributed by atoms with E-state index in [0.29, 0.717) is 18.3 Å². The monoisotopic (exact) mass is 283 g/mol. The normalized spacial score (nSPS) is 12.0. The van der Waals surface area contributed by atoms with Crippen LogP contribution >= 0.6 is 0 Å². The lowest BCUT2D eigenvalue weighted by Gasteiger charge is -2.18. The molecule has 1 aromatic carbocycles. The van der Waals surface area contributed by atoms with Gasteiger partial charge in [0, 0.05) is 17.9 Å². The van der Waals surface area contributed by atoms with Gasteiger partial charge in [0.05, 0.1) is 17.6 Å². The lowest BCUT2D eigenvalue weighted by Crippen LogP contribution is -2.35. The average molecular weight is 283 g/mol. The Kier molecular flexibility index (Phi) is 3.39. The quantitative estimate of drug-likeness (QED) is 0.796. The number of nitrogens with one attached hydrogen (secondary N) is 1. The van der Waals surface area contributed by atoms with Crippen LogP contribution in [0.15, 0.2) is 35.0 Å². The third-order valence-corrected chi connectivity index (χ3v) is 2.97. The summed E-state index contributed by atoms with van der Waals surface area (Å²) < 4.78 is 5.72. The number of aromatic nitrogens is 4. The Bertz CT molecular complexity index is 755. The summed E-state index contributed by atoms with van der Waals surface area (Å²) in [4.78, 5) is 8.62. The summed E-state index contributed by atoms with van der Waals surface area (Å²) in [6.07, 6.45) is 3.32. The van der Waals surface area contributed by atoms with Crippen molar-refractivity contribution in [1.29, 1.82) is 0 Å². The minimum Gasteiger partial charge on any atom is -0.419 e. The summed E-state index contributed by atoms with van der Waals surface area (Å²) in [5.74, 6) is 1.02. The van der Waals surface area contributed by atoms with Crippen LogP contribution in [-0.2, 0) is 6.54 Å². The Morgan fingerprint density at radius 3 is 2.71 bits per heavy atom. The highest BCUT2D eigenvalue weighted by Crippen LogP contribution is 2.24. The number of fused-ring (bicyclic) bond motifs is 1. The third kappa shape index (κ3) is 3.05. The van der Waals surface area contributed by atoms with Crippen molar-refractivity contribution >= 4 is 11.0 Å². The van der Waals surface area contributed by atoms with Gasteiger partial charge in [0.2, 0.25) is 11.8 Å². The maximum Gasteiger partial charge on any atom is 0.250 e. The van der Waals surface area contributed by atoms with Crippen LogP contribution in [-0.4, -0.2) is 25.7 Å². The van der Waals surface area contributed by atoms with Crippen LogP contribution in [0.5, 0.6) is 0 Å². The molecule has 21 heavy (non-hydrogen) atoms. The summed E-state index contributed by atoms with van der Waals surface area (Å²) >= 11 is 0. The fraction of sp³-hybridized carbons (Fsp3) is 0.333. The molecule has 0 saturated heterocycles. The minimum absolute atomic E-state index is 0.000444. The molecule has 0 fully saturated rings. The van der Waals surface area contributed by atoms with Crippen molar-refractivity contribution in [3.8, 4) is 11.5 Å². The Morgan fingerprint density at radius 2 is 1.90 bits per heavy atom. The maximum atomic E-state index is 5.72. The van der Waals surface area contributed by atoms with Crippen molar-refractivity contribution in [2.45, 2.75) is 32.9 Å². The number of para-hydroxylation sites is 1. The van der Waals surface area contributed by atoms with Gasteiger partial charge in [0.1, 0.15) is 5.52 Å². The van der Waals surface area contributed by atoms with Crippen LogP contribution in [0.2, 0.25) is 0 Å². The van der Waals surface area contributed by atoms with Gasteiger partial charge < -0.3 is 9.73 Å². The molecule has 0 aliphatic carbocycles. The van der Waals surface area contributed by atoms with Crippen molar-refractivity contribution < 1.29 is 4.42 Å². The van der Waals surface area contributed by atoms with Crippen molar-refractivity contribution in [2.75, 3.05) is 0 Å². The predicted molar refractivity (Wildman–Crippen MR) is 79.4 cm³/mol. The number of hydrogen-bond donors (Lipinski definition) is 1. The Labute approximate surface area is 122 Å². The second kappa shape index (κ2) is 5.21. The third-order valence-electron chi connectivity index (χ3n) is 2.97. The molecule has 2 heterocycles. The molecule has 0 bridgehead atoms. The fourth-order valence-corrected chi connectivity index (χ4v) is 1.94. The first-order valence-electron chi connectivity index (χ1n) is 6.80. The van der Waals surface area contributed by atoms with Gasteiger partial charge in [-0.25, -0.2) is 0 Å². The molecule has 2 aromatic heterocycles. The topological polar surface area (TPSA) is 76.7 Å². The molecule has 0 aliphatic rings. The molecule has 0 unspecified atom stereocenters. The Hall–Kier alpha value is -2.34. The molecule has 6 nitrogen and oxygen atoms in total. The van der Waals surface area contributed by atoms with Crippen LogP contribution in [0, 0.1) is 0 Å². The van der Waals surface area contributed by atoms with E-state index in [0.717, 1.165) is 16.6 Å². The molecule has 6 heteroatoms. The van der Waals surface area contributed by atoms with E-state index in [9.17, 15) is 0 Å². The molecule has 108 valence electrons. The van der Waals surface area contributed by atoms with E-state index in [4.69, 9.17) is 4.42 Å². The summed E-state index contributed by atoms with van der Waals surface area (Å²) in [7, 11) is 0. The summed E-state index contributed by atoms with van der Waals surface area (Å²) in [6.45, 7) is 6.80. The zero-order chi connectivity index (χ0) is 14.9. The number of rotatable bonds is 3. The molecule has 1 N–H and O–H groups in total. The average Bonchev–Trinajstić information content (AvgIpc) is 2.92. The van der Waals surface area contributed by atoms with Gasteiger partial charge in [0.25, 0.3) is 0 Å². The Morgan fingerprint density at radius 1 is 1.10 bits per heavy atom. The van der Waals surface area contributed by atoms with Gasteiger partial charge in [-0.1, -0.05) is 6.07 Å². The van der Waals surface area contributed by atoms with Crippen LogP contribution in [0.25, 0.3) is 22.5 Å². The number of benzene rings is 1. The maximum absolute atomic E-state index is 5.72. The molecule has 0 radical (unpaired) electrons. The molecular weight excluding hydrogens is 266 g/mol. The van der Waals surface area contributed by atoms with E-state index in [1.54, 1.807) is 12.4 Å². The van der Waals surface area contributed by atoms with Crippen molar-refractivity contribution in [3.63, 3.8) is 0 Å². The second-order valence-electron chi connectivity index (χ2n) is 5.83. The lowest BCUT2D eigenvalue weighted by atomic mass is 10.1. The first-order chi connectivity index (χ1) is 10.0. The molecule has 0 spiro atoms. The number of hydrogen-bond acceptors (Lipinski definition) is 6. The van der Waals surface area contributed by atoms with Gasteiger partial charge in [-0.3, -0.25) is 9.97 Å². The van der Waals surface area contributed by atoms with Crippen LogP contribution in [0.4, 0.5) is 0 Å². The largest absolute Gasteiger partial charge is 0.419 e. The summed E-state index contributed by atoms with van der Waals surface area (Å²) in [5.41, 5.74) is 2.37. The molecule has 0 aliphatic heterocycles. The van der Waals surface area contributed by atoms with E-state index in [-0.39, 0.29) is 5.54 Å². The zero-order valence-corrected chi connectivity index (χ0v) is 12.3. The van der Waals surface area contributed by atoms with Crippen molar-refractivity contribution in [1.82, 2.24) is 25.5 Å². The van der Waals surface area contributed by atoms with E-state index in [2.05, 4.69) is 46.3 Å². The van der Waals surface area contributed by atoms with Crippen LogP contribution < -0.4 is 5.32 Å². The Balaban J connectivity index is 1.92. The zero-order valence-electron chi connectivity index (χ0n) is 12.3. The minimum atomic E-state index is -0.000444. The first kappa shape index (κ1) is 13.6. The van der Waals surface area contributed by atoms with Gasteiger partial charge in [0.15, 0.2) is 0 Å². The standard InChI is InChI=1S/C15H17N5O/c1-15(2,3)18-9-12-19-20-14(21-12)10-5-4-6-11-13(10)17-8-7-16-11/h4-8,18H,9H2,1-3H3. The van der Waals surface area contributed by atoms with Gasteiger partial charge >= 0.3 is 0 Å². The van der Waals surface area contributed by atoms with Gasteiger partial charge in [-0.05, 0) is 32.9 Å². The lowest BCUT2D eigenvalue weighted by molar-refractivity contribution is 0.383. The van der Waals surface area contributed by atoms with E-state index < -0.39 is 0 Å². The predicted octanol–water partition coefficient (Wildman–Crippen LogP) is 2.57. The van der Waals surface area contributed by atoms with E-state index in [1.807, 2.05) is 18.2 Å². The highest BCUT2D eigenvalue weighted by atomic mass is 16.4. The SMILES string of the molecule is CC(C)(C)NCc1nnc(-c2cccc3nccnc23)o1. The van der Waals surface area contributed by atoms with E-state index in [1.165, 1.54) is 0 Å². The van der Waals surface area contributed by atoms with Crippen molar-refractivity contribution in [3.05, 3.63) is 36.5 Å². The first-order valence-corrected chi connectivity index (χ1v) is 6.80. The smallest absolute Gasteiger partial charge is 0.250 e. The summed E-state index contributed by atoms with van der Waals surface area (Å²) in [6, 6.07) is 5.72. The molecule has 0 saturated carbocycles. The van der Waals surface area contributed by atoms with E-state index >= 15 is 0 Å². The number of nitrogens with zero attached hydrogens (tertiary/aromatic N) is 4. The van der Waals surface area contributed by atoms with Gasteiger partial charge in [-0.2, -0.15) is 0 Å².